The van der Waals surface area contributed by atoms with Crippen molar-refractivity contribution >= 4 is 11.0 Å². The lowest BCUT2D eigenvalue weighted by Gasteiger charge is -2.24. The second-order valence-corrected chi connectivity index (χ2v) is 4.12. The first-order chi connectivity index (χ1) is 7.38. The third kappa shape index (κ3) is 1.37. The zero-order valence-electron chi connectivity index (χ0n) is 8.99. The van der Waals surface area contributed by atoms with Crippen molar-refractivity contribution in [2.45, 2.75) is 19.9 Å². The van der Waals surface area contributed by atoms with Crippen molar-refractivity contribution in [3.8, 4) is 0 Å². The first-order valence-corrected chi connectivity index (χ1v) is 5.60. The van der Waals surface area contributed by atoms with Gasteiger partial charge in [0.2, 0.25) is 0 Å². The van der Waals surface area contributed by atoms with E-state index in [2.05, 4.69) is 30.0 Å². The van der Waals surface area contributed by atoms with Crippen LogP contribution in [0, 0.1) is 0 Å². The van der Waals surface area contributed by atoms with Crippen LogP contribution in [-0.2, 0) is 13.0 Å². The van der Waals surface area contributed by atoms with Gasteiger partial charge in [0, 0.05) is 30.5 Å². The molecule has 2 heterocycles. The fourth-order valence-electron chi connectivity index (χ4n) is 2.36. The summed E-state index contributed by atoms with van der Waals surface area (Å²) in [7, 11) is 0. The van der Waals surface area contributed by atoms with Gasteiger partial charge in [-0.05, 0) is 12.6 Å². The summed E-state index contributed by atoms with van der Waals surface area (Å²) in [6.45, 7) is 5.51. The minimum absolute atomic E-state index is 1.04. The maximum Gasteiger partial charge on any atom is 0.134 e. The normalized spacial score (nSPS) is 16.9. The molecule has 1 aliphatic rings. The van der Waals surface area contributed by atoms with Crippen LogP contribution in [0.1, 0.15) is 18.2 Å². The lowest BCUT2D eigenvalue weighted by atomic mass is 10.1. The monoisotopic (exact) mass is 201 g/mol. The van der Waals surface area contributed by atoms with Gasteiger partial charge in [-0.25, -0.2) is 0 Å². The van der Waals surface area contributed by atoms with Crippen molar-refractivity contribution in [3.63, 3.8) is 0 Å². The smallest absolute Gasteiger partial charge is 0.134 e. The highest BCUT2D eigenvalue weighted by Crippen LogP contribution is 2.30. The van der Waals surface area contributed by atoms with Crippen LogP contribution in [-0.4, -0.2) is 18.0 Å². The third-order valence-electron chi connectivity index (χ3n) is 3.27. The van der Waals surface area contributed by atoms with Crippen LogP contribution in [0.2, 0.25) is 0 Å². The number of hydrogen-bond acceptors (Lipinski definition) is 2. The van der Waals surface area contributed by atoms with Crippen LogP contribution in [0.15, 0.2) is 28.7 Å². The average molecular weight is 201 g/mol. The summed E-state index contributed by atoms with van der Waals surface area (Å²) in [5.74, 6) is 1.20. The number of furan rings is 1. The Morgan fingerprint density at radius 1 is 1.33 bits per heavy atom. The van der Waals surface area contributed by atoms with Crippen molar-refractivity contribution in [1.29, 1.82) is 0 Å². The van der Waals surface area contributed by atoms with Crippen molar-refractivity contribution in [2.75, 3.05) is 13.1 Å². The molecule has 0 aliphatic carbocycles. The molecule has 2 heteroatoms. The van der Waals surface area contributed by atoms with Gasteiger partial charge in [0.05, 0.1) is 0 Å². The Hall–Kier alpha value is -1.28. The van der Waals surface area contributed by atoms with E-state index in [-0.39, 0.29) is 0 Å². The Labute approximate surface area is 89.5 Å². The summed E-state index contributed by atoms with van der Waals surface area (Å²) < 4.78 is 5.86. The van der Waals surface area contributed by atoms with Crippen LogP contribution < -0.4 is 0 Å². The summed E-state index contributed by atoms with van der Waals surface area (Å²) in [5.41, 5.74) is 2.44. The van der Waals surface area contributed by atoms with Gasteiger partial charge in [-0.2, -0.15) is 0 Å². The highest BCUT2D eigenvalue weighted by atomic mass is 16.3. The maximum absolute atomic E-state index is 5.86. The molecule has 0 bridgehead atoms. The molecule has 0 saturated carbocycles. The predicted molar refractivity (Wildman–Crippen MR) is 60.9 cm³/mol. The van der Waals surface area contributed by atoms with Gasteiger partial charge in [-0.15, -0.1) is 0 Å². The van der Waals surface area contributed by atoms with Crippen molar-refractivity contribution in [2.24, 2.45) is 0 Å². The van der Waals surface area contributed by atoms with E-state index in [0.29, 0.717) is 0 Å². The maximum atomic E-state index is 5.86. The lowest BCUT2D eigenvalue weighted by molar-refractivity contribution is 0.256. The quantitative estimate of drug-likeness (QED) is 0.705. The minimum atomic E-state index is 1.04. The van der Waals surface area contributed by atoms with Crippen molar-refractivity contribution in [3.05, 3.63) is 35.6 Å². The molecule has 0 spiro atoms. The fraction of sp³-hybridized carbons (Fsp3) is 0.385. The molecule has 0 radical (unpaired) electrons. The number of likely N-dealkylation sites (N-methyl/N-ethyl adjacent to an activating group) is 1. The van der Waals surface area contributed by atoms with E-state index in [0.717, 1.165) is 31.6 Å². The van der Waals surface area contributed by atoms with Crippen molar-refractivity contribution in [1.82, 2.24) is 4.90 Å². The van der Waals surface area contributed by atoms with E-state index in [1.165, 1.54) is 16.7 Å². The number of para-hydroxylation sites is 1. The predicted octanol–water partition coefficient (Wildman–Crippen LogP) is 2.81. The molecule has 15 heavy (non-hydrogen) atoms. The molecular formula is C13H15NO. The summed E-state index contributed by atoms with van der Waals surface area (Å²) in [4.78, 5) is 2.46. The lowest BCUT2D eigenvalue weighted by Crippen LogP contribution is -2.29. The molecule has 1 aromatic carbocycles. The SMILES string of the molecule is CCN1CCc2oc3ccccc3c2C1. The summed E-state index contributed by atoms with van der Waals surface area (Å²) >= 11 is 0. The Bertz CT molecular complexity index is 486. The zero-order chi connectivity index (χ0) is 10.3. The molecule has 0 amide bonds. The van der Waals surface area contributed by atoms with Gasteiger partial charge in [0.25, 0.3) is 0 Å². The van der Waals surface area contributed by atoms with Gasteiger partial charge < -0.3 is 4.42 Å². The molecule has 0 N–H and O–H groups in total. The molecule has 2 nitrogen and oxygen atoms in total. The first kappa shape index (κ1) is 8.98. The molecule has 0 atom stereocenters. The molecule has 0 saturated heterocycles. The number of benzene rings is 1. The van der Waals surface area contributed by atoms with Crippen LogP contribution in [0.4, 0.5) is 0 Å². The van der Waals surface area contributed by atoms with Gasteiger partial charge in [-0.1, -0.05) is 25.1 Å². The standard InChI is InChI=1S/C13H15NO/c1-2-14-8-7-13-11(9-14)10-5-3-4-6-12(10)15-13/h3-6H,2,7-9H2,1H3. The highest BCUT2D eigenvalue weighted by molar-refractivity contribution is 5.82. The Morgan fingerprint density at radius 3 is 3.07 bits per heavy atom. The summed E-state index contributed by atoms with van der Waals surface area (Å²) in [5, 5.41) is 1.30. The molecular weight excluding hydrogens is 186 g/mol. The summed E-state index contributed by atoms with van der Waals surface area (Å²) in [6, 6.07) is 8.35. The number of hydrogen-bond donors (Lipinski definition) is 0. The molecule has 78 valence electrons. The van der Waals surface area contributed by atoms with E-state index in [4.69, 9.17) is 4.42 Å². The van der Waals surface area contributed by atoms with E-state index < -0.39 is 0 Å². The number of nitrogens with zero attached hydrogens (tertiary/aromatic N) is 1. The average Bonchev–Trinajstić information content (AvgIpc) is 2.66. The highest BCUT2D eigenvalue weighted by Gasteiger charge is 2.20. The van der Waals surface area contributed by atoms with Crippen LogP contribution in [0.25, 0.3) is 11.0 Å². The van der Waals surface area contributed by atoms with E-state index in [1.807, 2.05) is 6.07 Å². The van der Waals surface area contributed by atoms with Gasteiger partial charge in [0.15, 0.2) is 0 Å². The largest absolute Gasteiger partial charge is 0.461 e. The van der Waals surface area contributed by atoms with E-state index in [9.17, 15) is 0 Å². The van der Waals surface area contributed by atoms with Crippen LogP contribution >= 0.6 is 0 Å². The second kappa shape index (κ2) is 3.38. The van der Waals surface area contributed by atoms with Crippen molar-refractivity contribution < 1.29 is 4.42 Å². The first-order valence-electron chi connectivity index (χ1n) is 5.60. The van der Waals surface area contributed by atoms with Crippen LogP contribution in [0.3, 0.4) is 0 Å². The Morgan fingerprint density at radius 2 is 2.20 bits per heavy atom. The molecule has 0 fully saturated rings. The second-order valence-electron chi connectivity index (χ2n) is 4.12. The van der Waals surface area contributed by atoms with Gasteiger partial charge in [0.1, 0.15) is 11.3 Å². The number of rotatable bonds is 1. The summed E-state index contributed by atoms with van der Waals surface area (Å²) in [6.07, 6.45) is 1.05. The van der Waals surface area contributed by atoms with Gasteiger partial charge >= 0.3 is 0 Å². The topological polar surface area (TPSA) is 16.4 Å². The fourth-order valence-corrected chi connectivity index (χ4v) is 2.36. The molecule has 2 aromatic rings. The van der Waals surface area contributed by atoms with Gasteiger partial charge in [-0.3, -0.25) is 4.90 Å². The molecule has 1 aromatic heterocycles. The molecule has 3 rings (SSSR count). The molecule has 0 unspecified atom stereocenters. The van der Waals surface area contributed by atoms with Crippen LogP contribution in [0.5, 0.6) is 0 Å². The number of fused-ring (bicyclic) bond motifs is 3. The Balaban J connectivity index is 2.14. The van der Waals surface area contributed by atoms with E-state index >= 15 is 0 Å². The zero-order valence-corrected chi connectivity index (χ0v) is 8.99. The Kier molecular flexibility index (Phi) is 2.03. The minimum Gasteiger partial charge on any atom is -0.461 e. The third-order valence-corrected chi connectivity index (χ3v) is 3.27. The van der Waals surface area contributed by atoms with E-state index in [1.54, 1.807) is 0 Å². The molecule has 1 aliphatic heterocycles.